The average molecular weight is 314 g/mol. The fraction of sp³-hybridized carbons (Fsp3) is 0.0769. The molecule has 0 amide bonds. The molecule has 0 spiro atoms. The number of sulfone groups is 1. The van der Waals surface area contributed by atoms with E-state index >= 15 is 0 Å². The zero-order chi connectivity index (χ0) is 14.0. The second-order valence-electron chi connectivity index (χ2n) is 4.00. The van der Waals surface area contributed by atoms with E-state index in [1.54, 1.807) is 18.2 Å². The first kappa shape index (κ1) is 14.2. The Labute approximate surface area is 121 Å². The molecule has 0 aliphatic rings. The predicted octanol–water partition coefficient (Wildman–Crippen LogP) is 3.48. The molecule has 2 N–H and O–H groups in total. The molecule has 6 heteroatoms. The van der Waals surface area contributed by atoms with Gasteiger partial charge < -0.3 is 5.73 Å². The molecule has 0 radical (unpaired) electrons. The highest BCUT2D eigenvalue weighted by Gasteiger charge is 2.11. The standard InChI is InChI=1S/C13H12ClNO2S2/c1-19(16,17)9-6-7-13(11(15)8-9)18-12-5-3-2-4-10(12)14/h2-8H,15H2,1H3. The van der Waals surface area contributed by atoms with Crippen LogP contribution in [0, 0.1) is 0 Å². The molecule has 0 aliphatic carbocycles. The highest BCUT2D eigenvalue weighted by molar-refractivity contribution is 7.99. The van der Waals surface area contributed by atoms with Gasteiger partial charge in [0, 0.05) is 21.7 Å². The van der Waals surface area contributed by atoms with Gasteiger partial charge in [-0.05, 0) is 30.3 Å². The Bertz CT molecular complexity index is 714. The summed E-state index contributed by atoms with van der Waals surface area (Å²) in [5.74, 6) is 0. The number of hydrogen-bond donors (Lipinski definition) is 1. The first-order chi connectivity index (χ1) is 8.88. The molecule has 0 unspecified atom stereocenters. The highest BCUT2D eigenvalue weighted by atomic mass is 35.5. The molecule has 0 atom stereocenters. The van der Waals surface area contributed by atoms with E-state index in [9.17, 15) is 8.42 Å². The van der Waals surface area contributed by atoms with Crippen molar-refractivity contribution in [2.75, 3.05) is 12.0 Å². The van der Waals surface area contributed by atoms with Crippen molar-refractivity contribution in [1.29, 1.82) is 0 Å². The van der Waals surface area contributed by atoms with E-state index < -0.39 is 9.84 Å². The van der Waals surface area contributed by atoms with Crippen LogP contribution in [0.4, 0.5) is 5.69 Å². The van der Waals surface area contributed by atoms with E-state index in [1.165, 1.54) is 17.8 Å². The molecule has 0 aromatic heterocycles. The number of nitrogen functional groups attached to an aromatic ring is 1. The maximum atomic E-state index is 11.4. The maximum absolute atomic E-state index is 11.4. The van der Waals surface area contributed by atoms with E-state index in [0.29, 0.717) is 10.7 Å². The first-order valence-corrected chi connectivity index (χ1v) is 8.48. The van der Waals surface area contributed by atoms with Crippen LogP contribution < -0.4 is 5.73 Å². The van der Waals surface area contributed by atoms with E-state index in [1.807, 2.05) is 18.2 Å². The fourth-order valence-corrected chi connectivity index (χ4v) is 3.27. The SMILES string of the molecule is CS(=O)(=O)c1ccc(Sc2ccccc2Cl)c(N)c1. The number of nitrogens with two attached hydrogens (primary N) is 1. The van der Waals surface area contributed by atoms with Gasteiger partial charge in [-0.3, -0.25) is 0 Å². The Kier molecular flexibility index (Phi) is 4.08. The van der Waals surface area contributed by atoms with Gasteiger partial charge in [-0.25, -0.2) is 8.42 Å². The Morgan fingerprint density at radius 1 is 1.11 bits per heavy atom. The van der Waals surface area contributed by atoms with E-state index in [2.05, 4.69) is 0 Å². The molecule has 2 rings (SSSR count). The predicted molar refractivity (Wildman–Crippen MR) is 79.5 cm³/mol. The van der Waals surface area contributed by atoms with Crippen LogP contribution in [-0.4, -0.2) is 14.7 Å². The van der Waals surface area contributed by atoms with Crippen molar-refractivity contribution in [2.24, 2.45) is 0 Å². The molecule has 3 nitrogen and oxygen atoms in total. The summed E-state index contributed by atoms with van der Waals surface area (Å²) in [5.41, 5.74) is 6.31. The Balaban J connectivity index is 2.36. The lowest BCUT2D eigenvalue weighted by atomic mass is 10.3. The van der Waals surface area contributed by atoms with Gasteiger partial charge in [-0.1, -0.05) is 35.5 Å². The smallest absolute Gasteiger partial charge is 0.175 e. The summed E-state index contributed by atoms with van der Waals surface area (Å²) in [6, 6.07) is 12.1. The Hall–Kier alpha value is -1.17. The molecule has 2 aromatic carbocycles. The normalized spacial score (nSPS) is 11.5. The largest absolute Gasteiger partial charge is 0.398 e. The van der Waals surface area contributed by atoms with Crippen LogP contribution in [0.3, 0.4) is 0 Å². The van der Waals surface area contributed by atoms with Crippen molar-refractivity contribution >= 4 is 38.9 Å². The molecule has 2 aromatic rings. The fourth-order valence-electron chi connectivity index (χ4n) is 1.50. The summed E-state index contributed by atoms with van der Waals surface area (Å²) >= 11 is 7.48. The van der Waals surface area contributed by atoms with Crippen molar-refractivity contribution < 1.29 is 8.42 Å². The van der Waals surface area contributed by atoms with Crippen LogP contribution >= 0.6 is 23.4 Å². The van der Waals surface area contributed by atoms with Crippen LogP contribution in [-0.2, 0) is 9.84 Å². The molecule has 0 saturated heterocycles. The minimum Gasteiger partial charge on any atom is -0.398 e. The molecule has 0 bridgehead atoms. The monoisotopic (exact) mass is 313 g/mol. The average Bonchev–Trinajstić information content (AvgIpc) is 2.33. The molecule has 0 heterocycles. The molecular formula is C13H12ClNO2S2. The van der Waals surface area contributed by atoms with Crippen LogP contribution in [0.5, 0.6) is 0 Å². The van der Waals surface area contributed by atoms with Crippen molar-refractivity contribution in [3.63, 3.8) is 0 Å². The molecule has 0 saturated carbocycles. The van der Waals surface area contributed by atoms with E-state index in [0.717, 1.165) is 16.0 Å². The zero-order valence-corrected chi connectivity index (χ0v) is 12.5. The second-order valence-corrected chi connectivity index (χ2v) is 7.51. The van der Waals surface area contributed by atoms with Crippen molar-refractivity contribution in [3.05, 3.63) is 47.5 Å². The van der Waals surface area contributed by atoms with Gasteiger partial charge >= 0.3 is 0 Å². The minimum absolute atomic E-state index is 0.216. The van der Waals surface area contributed by atoms with Crippen LogP contribution in [0.1, 0.15) is 0 Å². The molecule has 19 heavy (non-hydrogen) atoms. The third kappa shape index (κ3) is 3.43. The zero-order valence-electron chi connectivity index (χ0n) is 10.1. The van der Waals surface area contributed by atoms with Crippen molar-refractivity contribution in [1.82, 2.24) is 0 Å². The molecular weight excluding hydrogens is 302 g/mol. The summed E-state index contributed by atoms with van der Waals surface area (Å²) in [5, 5.41) is 0.638. The number of benzene rings is 2. The van der Waals surface area contributed by atoms with Gasteiger partial charge in [-0.15, -0.1) is 0 Å². The Morgan fingerprint density at radius 2 is 1.79 bits per heavy atom. The quantitative estimate of drug-likeness (QED) is 0.881. The van der Waals surface area contributed by atoms with Gasteiger partial charge in [0.2, 0.25) is 0 Å². The van der Waals surface area contributed by atoms with Gasteiger partial charge in [0.25, 0.3) is 0 Å². The Morgan fingerprint density at radius 3 is 2.37 bits per heavy atom. The maximum Gasteiger partial charge on any atom is 0.175 e. The van der Waals surface area contributed by atoms with Crippen LogP contribution in [0.25, 0.3) is 0 Å². The second kappa shape index (κ2) is 5.45. The van der Waals surface area contributed by atoms with Gasteiger partial charge in [0.05, 0.1) is 9.92 Å². The lowest BCUT2D eigenvalue weighted by Crippen LogP contribution is -1.99. The van der Waals surface area contributed by atoms with Crippen LogP contribution in [0.2, 0.25) is 5.02 Å². The molecule has 100 valence electrons. The number of halogens is 1. The number of anilines is 1. The number of hydrogen-bond acceptors (Lipinski definition) is 4. The molecule has 0 aliphatic heterocycles. The topological polar surface area (TPSA) is 60.2 Å². The van der Waals surface area contributed by atoms with Crippen molar-refractivity contribution in [3.8, 4) is 0 Å². The lowest BCUT2D eigenvalue weighted by molar-refractivity contribution is 0.602. The van der Waals surface area contributed by atoms with E-state index in [-0.39, 0.29) is 4.90 Å². The molecule has 0 fully saturated rings. The summed E-state index contributed by atoms with van der Waals surface area (Å²) in [6.45, 7) is 0. The summed E-state index contributed by atoms with van der Waals surface area (Å²) in [7, 11) is -3.24. The minimum atomic E-state index is -3.24. The highest BCUT2D eigenvalue weighted by Crippen LogP contribution is 2.36. The summed E-state index contributed by atoms with van der Waals surface area (Å²) in [4.78, 5) is 1.87. The van der Waals surface area contributed by atoms with Gasteiger partial charge in [-0.2, -0.15) is 0 Å². The third-order valence-electron chi connectivity index (χ3n) is 2.47. The van der Waals surface area contributed by atoms with E-state index in [4.69, 9.17) is 17.3 Å². The van der Waals surface area contributed by atoms with Gasteiger partial charge in [0.1, 0.15) is 0 Å². The van der Waals surface area contributed by atoms with Crippen LogP contribution in [0.15, 0.2) is 57.2 Å². The van der Waals surface area contributed by atoms with Gasteiger partial charge in [0.15, 0.2) is 9.84 Å². The number of rotatable bonds is 3. The lowest BCUT2D eigenvalue weighted by Gasteiger charge is -2.08. The summed E-state index contributed by atoms with van der Waals surface area (Å²) in [6.07, 6.45) is 1.16. The first-order valence-electron chi connectivity index (χ1n) is 5.40. The summed E-state index contributed by atoms with van der Waals surface area (Å²) < 4.78 is 22.9. The van der Waals surface area contributed by atoms with Crippen molar-refractivity contribution in [2.45, 2.75) is 14.7 Å². The third-order valence-corrected chi connectivity index (χ3v) is 5.19.